The molecule has 0 saturated heterocycles. The van der Waals surface area contributed by atoms with Crippen LogP contribution in [0.4, 0.5) is 18.9 Å². The van der Waals surface area contributed by atoms with Gasteiger partial charge >= 0.3 is 6.18 Å². The number of rotatable bonds is 4. The van der Waals surface area contributed by atoms with Crippen molar-refractivity contribution in [3.63, 3.8) is 0 Å². The Bertz CT molecular complexity index is 1230. The number of carbonyl (C=O) groups excluding carboxylic acids is 1. The summed E-state index contributed by atoms with van der Waals surface area (Å²) >= 11 is 0. The maximum absolute atomic E-state index is 12.8. The molecular formula is C21H16F3N5O. The minimum Gasteiger partial charge on any atom is -0.324 e. The summed E-state index contributed by atoms with van der Waals surface area (Å²) in [7, 11) is 0. The van der Waals surface area contributed by atoms with Crippen molar-refractivity contribution in [2.45, 2.75) is 19.6 Å². The second kappa shape index (κ2) is 7.58. The maximum atomic E-state index is 12.8. The van der Waals surface area contributed by atoms with Crippen LogP contribution in [0.25, 0.3) is 22.3 Å². The third kappa shape index (κ3) is 4.14. The van der Waals surface area contributed by atoms with Crippen LogP contribution in [-0.2, 0) is 17.5 Å². The van der Waals surface area contributed by atoms with Gasteiger partial charge in [-0.2, -0.15) is 18.3 Å². The summed E-state index contributed by atoms with van der Waals surface area (Å²) in [5.74, 6) is -0.489. The van der Waals surface area contributed by atoms with Crippen LogP contribution in [0.15, 0.2) is 60.8 Å². The van der Waals surface area contributed by atoms with Gasteiger partial charge in [-0.1, -0.05) is 24.3 Å². The quantitative estimate of drug-likeness (QED) is 0.538. The van der Waals surface area contributed by atoms with Crippen molar-refractivity contribution in [3.8, 4) is 11.3 Å². The lowest BCUT2D eigenvalue weighted by Crippen LogP contribution is -2.20. The molecule has 0 spiro atoms. The lowest BCUT2D eigenvalue weighted by atomic mass is 10.1. The number of anilines is 1. The van der Waals surface area contributed by atoms with Gasteiger partial charge in [-0.05, 0) is 37.3 Å². The number of hydrogen-bond donors (Lipinski definition) is 1. The molecule has 2 aromatic heterocycles. The smallest absolute Gasteiger partial charge is 0.324 e. The molecule has 30 heavy (non-hydrogen) atoms. The highest BCUT2D eigenvalue weighted by Gasteiger charge is 2.34. The Labute approximate surface area is 169 Å². The lowest BCUT2D eigenvalue weighted by Gasteiger charge is -2.09. The van der Waals surface area contributed by atoms with E-state index in [1.54, 1.807) is 24.4 Å². The van der Waals surface area contributed by atoms with E-state index in [-0.39, 0.29) is 12.2 Å². The summed E-state index contributed by atoms with van der Waals surface area (Å²) in [5.41, 5.74) is 2.64. The zero-order valence-electron chi connectivity index (χ0n) is 15.8. The number of aromatic nitrogens is 4. The molecule has 0 aliphatic heterocycles. The Morgan fingerprint density at radius 3 is 2.57 bits per heavy atom. The fourth-order valence-corrected chi connectivity index (χ4v) is 3.00. The second-order valence-electron chi connectivity index (χ2n) is 6.70. The Hall–Kier alpha value is -3.75. The average molecular weight is 411 g/mol. The summed E-state index contributed by atoms with van der Waals surface area (Å²) in [4.78, 5) is 21.3. The van der Waals surface area contributed by atoms with E-state index in [0.29, 0.717) is 11.4 Å². The fraction of sp³-hybridized carbons (Fsp3) is 0.143. The van der Waals surface area contributed by atoms with Crippen LogP contribution >= 0.6 is 0 Å². The van der Waals surface area contributed by atoms with Crippen molar-refractivity contribution in [1.29, 1.82) is 0 Å². The van der Waals surface area contributed by atoms with Crippen LogP contribution in [0.5, 0.6) is 0 Å². The van der Waals surface area contributed by atoms with Crippen LogP contribution < -0.4 is 5.32 Å². The standard InChI is InChI=1S/C21H16F3N5O/c1-13-9-19(21(22,23)24)28-29(13)12-20(30)26-15-6-4-5-14(10-15)18-11-25-16-7-2-3-8-17(16)27-18/h2-11H,12H2,1H3,(H,26,30). The molecular weight excluding hydrogens is 395 g/mol. The number of fused-ring (bicyclic) bond motifs is 1. The van der Waals surface area contributed by atoms with Crippen molar-refractivity contribution in [1.82, 2.24) is 19.7 Å². The van der Waals surface area contributed by atoms with Gasteiger partial charge in [0.1, 0.15) is 6.54 Å². The van der Waals surface area contributed by atoms with Crippen molar-refractivity contribution in [2.24, 2.45) is 0 Å². The predicted molar refractivity (Wildman–Crippen MR) is 106 cm³/mol. The number of hydrogen-bond acceptors (Lipinski definition) is 4. The normalized spacial score (nSPS) is 11.6. The molecule has 0 radical (unpaired) electrons. The van der Waals surface area contributed by atoms with Crippen LogP contribution in [0.2, 0.25) is 0 Å². The molecule has 0 bridgehead atoms. The molecule has 0 unspecified atom stereocenters. The number of alkyl halides is 3. The van der Waals surface area contributed by atoms with E-state index in [9.17, 15) is 18.0 Å². The van der Waals surface area contributed by atoms with Crippen LogP contribution in [0, 0.1) is 6.92 Å². The molecule has 0 aliphatic rings. The fourth-order valence-electron chi connectivity index (χ4n) is 3.00. The summed E-state index contributed by atoms with van der Waals surface area (Å²) in [6, 6.07) is 15.4. The predicted octanol–water partition coefficient (Wildman–Crippen LogP) is 4.46. The van der Waals surface area contributed by atoms with Gasteiger partial charge in [0.15, 0.2) is 5.69 Å². The maximum Gasteiger partial charge on any atom is 0.435 e. The number of nitrogens with one attached hydrogen (secondary N) is 1. The van der Waals surface area contributed by atoms with Gasteiger partial charge in [-0.3, -0.25) is 14.5 Å². The molecule has 0 saturated carbocycles. The number of halogens is 3. The lowest BCUT2D eigenvalue weighted by molar-refractivity contribution is -0.141. The van der Waals surface area contributed by atoms with Crippen LogP contribution in [-0.4, -0.2) is 25.7 Å². The van der Waals surface area contributed by atoms with E-state index in [1.165, 1.54) is 6.92 Å². The number of aryl methyl sites for hydroxylation is 1. The van der Waals surface area contributed by atoms with Gasteiger partial charge < -0.3 is 5.32 Å². The first-order valence-electron chi connectivity index (χ1n) is 9.03. The molecule has 1 N–H and O–H groups in total. The third-order valence-corrected chi connectivity index (χ3v) is 4.46. The van der Waals surface area contributed by atoms with E-state index >= 15 is 0 Å². The largest absolute Gasteiger partial charge is 0.435 e. The van der Waals surface area contributed by atoms with Gasteiger partial charge in [0.2, 0.25) is 5.91 Å². The molecule has 6 nitrogen and oxygen atoms in total. The molecule has 2 heterocycles. The SMILES string of the molecule is Cc1cc(C(F)(F)F)nn1CC(=O)Nc1cccc(-c2cnc3ccccc3n2)c1. The van der Waals surface area contributed by atoms with Gasteiger partial charge in [0, 0.05) is 16.9 Å². The number of benzene rings is 2. The second-order valence-corrected chi connectivity index (χ2v) is 6.70. The first kappa shape index (κ1) is 19.6. The van der Waals surface area contributed by atoms with Crippen molar-refractivity contribution in [3.05, 3.63) is 72.2 Å². The van der Waals surface area contributed by atoms with E-state index in [0.717, 1.165) is 27.3 Å². The minimum atomic E-state index is -4.55. The molecule has 9 heteroatoms. The Balaban J connectivity index is 1.51. The highest BCUT2D eigenvalue weighted by Crippen LogP contribution is 2.28. The number of carbonyl (C=O) groups is 1. The molecule has 152 valence electrons. The zero-order valence-corrected chi connectivity index (χ0v) is 15.8. The zero-order chi connectivity index (χ0) is 21.3. The van der Waals surface area contributed by atoms with Gasteiger partial charge in [0.25, 0.3) is 0 Å². The summed E-state index contributed by atoms with van der Waals surface area (Å²) in [6.45, 7) is 1.14. The van der Waals surface area contributed by atoms with Gasteiger partial charge in [0.05, 0.1) is 22.9 Å². The van der Waals surface area contributed by atoms with Crippen LogP contribution in [0.3, 0.4) is 0 Å². The Morgan fingerprint density at radius 1 is 1.07 bits per heavy atom. The van der Waals surface area contributed by atoms with E-state index < -0.39 is 17.8 Å². The van der Waals surface area contributed by atoms with Crippen molar-refractivity contribution >= 4 is 22.6 Å². The molecule has 4 rings (SSSR count). The first-order chi connectivity index (χ1) is 14.3. The van der Waals surface area contributed by atoms with Gasteiger partial charge in [-0.15, -0.1) is 0 Å². The van der Waals surface area contributed by atoms with Gasteiger partial charge in [-0.25, -0.2) is 4.98 Å². The summed E-state index contributed by atoms with van der Waals surface area (Å²) < 4.78 is 39.4. The van der Waals surface area contributed by atoms with E-state index in [2.05, 4.69) is 20.4 Å². The third-order valence-electron chi connectivity index (χ3n) is 4.46. The average Bonchev–Trinajstić information content (AvgIpc) is 3.08. The Morgan fingerprint density at radius 2 is 1.83 bits per heavy atom. The molecule has 4 aromatic rings. The summed E-state index contributed by atoms with van der Waals surface area (Å²) in [5, 5.41) is 6.15. The topological polar surface area (TPSA) is 72.7 Å². The Kier molecular flexibility index (Phi) is 4.94. The van der Waals surface area contributed by atoms with Crippen LogP contribution in [0.1, 0.15) is 11.4 Å². The number of nitrogens with zero attached hydrogens (tertiary/aromatic N) is 4. The first-order valence-corrected chi connectivity index (χ1v) is 9.03. The molecule has 1 amide bonds. The number of para-hydroxylation sites is 2. The molecule has 0 aliphatic carbocycles. The van der Waals surface area contributed by atoms with E-state index in [4.69, 9.17) is 0 Å². The minimum absolute atomic E-state index is 0.248. The molecule has 2 aromatic carbocycles. The number of amides is 1. The molecule has 0 atom stereocenters. The highest BCUT2D eigenvalue weighted by atomic mass is 19.4. The monoisotopic (exact) mass is 411 g/mol. The van der Waals surface area contributed by atoms with E-state index in [1.807, 2.05) is 30.3 Å². The van der Waals surface area contributed by atoms with Crippen molar-refractivity contribution in [2.75, 3.05) is 5.32 Å². The summed E-state index contributed by atoms with van der Waals surface area (Å²) in [6.07, 6.45) is -2.91. The van der Waals surface area contributed by atoms with Crippen molar-refractivity contribution < 1.29 is 18.0 Å². The molecule has 0 fully saturated rings. The highest BCUT2D eigenvalue weighted by molar-refractivity contribution is 5.91.